The van der Waals surface area contributed by atoms with E-state index in [9.17, 15) is 9.18 Å². The molecule has 2 aromatic carbocycles. The van der Waals surface area contributed by atoms with Crippen molar-refractivity contribution in [3.05, 3.63) is 59.4 Å². The molecule has 2 rings (SSSR count). The highest BCUT2D eigenvalue weighted by molar-refractivity contribution is 6.04. The van der Waals surface area contributed by atoms with Gasteiger partial charge in [-0.15, -0.1) is 0 Å². The average Bonchev–Trinajstić information content (AvgIpc) is 2.43. The van der Waals surface area contributed by atoms with Crippen LogP contribution in [0.2, 0.25) is 0 Å². The topological polar surface area (TPSA) is 41.1 Å². The first-order chi connectivity index (χ1) is 9.61. The molecular formula is C16H17FN2O. The minimum atomic E-state index is -0.443. The summed E-state index contributed by atoms with van der Waals surface area (Å²) in [5.41, 5.74) is 2.67. The summed E-state index contributed by atoms with van der Waals surface area (Å²) in [7, 11) is 0. The van der Waals surface area contributed by atoms with Gasteiger partial charge in [0.2, 0.25) is 0 Å². The van der Waals surface area contributed by atoms with Crippen LogP contribution in [0.25, 0.3) is 0 Å². The largest absolute Gasteiger partial charge is 0.385 e. The van der Waals surface area contributed by atoms with Crippen molar-refractivity contribution >= 4 is 17.3 Å². The zero-order valence-electron chi connectivity index (χ0n) is 11.5. The predicted molar refractivity (Wildman–Crippen MR) is 79.7 cm³/mol. The molecule has 0 unspecified atom stereocenters. The lowest BCUT2D eigenvalue weighted by Crippen LogP contribution is -2.13. The van der Waals surface area contributed by atoms with E-state index in [0.717, 1.165) is 17.8 Å². The lowest BCUT2D eigenvalue weighted by Gasteiger charge is -2.10. The van der Waals surface area contributed by atoms with Crippen molar-refractivity contribution in [1.82, 2.24) is 0 Å². The molecule has 1 amide bonds. The third-order valence-electron chi connectivity index (χ3n) is 2.98. The van der Waals surface area contributed by atoms with Crippen molar-refractivity contribution in [2.75, 3.05) is 17.2 Å². The second kappa shape index (κ2) is 6.19. The van der Waals surface area contributed by atoms with Crippen LogP contribution in [-0.4, -0.2) is 12.5 Å². The molecule has 0 spiro atoms. The van der Waals surface area contributed by atoms with Gasteiger partial charge in [-0.05, 0) is 49.7 Å². The van der Waals surface area contributed by atoms with E-state index >= 15 is 0 Å². The highest BCUT2D eigenvalue weighted by Gasteiger charge is 2.10. The number of halogens is 1. The number of carbonyl (C=O) groups is 1. The molecule has 3 nitrogen and oxygen atoms in total. The maximum Gasteiger partial charge on any atom is 0.255 e. The van der Waals surface area contributed by atoms with E-state index in [-0.39, 0.29) is 11.6 Å². The summed E-state index contributed by atoms with van der Waals surface area (Å²) in [6, 6.07) is 11.5. The van der Waals surface area contributed by atoms with Crippen LogP contribution < -0.4 is 10.6 Å². The second-order valence-corrected chi connectivity index (χ2v) is 4.49. The van der Waals surface area contributed by atoms with Gasteiger partial charge >= 0.3 is 0 Å². The molecule has 0 atom stereocenters. The summed E-state index contributed by atoms with van der Waals surface area (Å²) in [6.45, 7) is 4.76. The Hall–Kier alpha value is -2.36. The van der Waals surface area contributed by atoms with Gasteiger partial charge in [-0.3, -0.25) is 4.79 Å². The van der Waals surface area contributed by atoms with Crippen molar-refractivity contribution in [2.45, 2.75) is 13.8 Å². The van der Waals surface area contributed by atoms with Gasteiger partial charge in [-0.2, -0.15) is 0 Å². The van der Waals surface area contributed by atoms with Crippen molar-refractivity contribution in [3.8, 4) is 0 Å². The Morgan fingerprint density at radius 2 is 1.90 bits per heavy atom. The van der Waals surface area contributed by atoms with Crippen molar-refractivity contribution < 1.29 is 9.18 Å². The Morgan fingerprint density at radius 3 is 2.55 bits per heavy atom. The number of para-hydroxylation sites is 1. The highest BCUT2D eigenvalue weighted by Crippen LogP contribution is 2.18. The van der Waals surface area contributed by atoms with Gasteiger partial charge in [0.1, 0.15) is 5.82 Å². The standard InChI is InChI=1S/C16H17FN2O/c1-3-18-14-9-8-12(10-11(14)2)16(20)19-15-7-5-4-6-13(15)17/h4-10,18H,3H2,1-2H3,(H,19,20). The molecule has 0 saturated heterocycles. The maximum absolute atomic E-state index is 13.5. The summed E-state index contributed by atoms with van der Waals surface area (Å²) in [4.78, 5) is 12.1. The van der Waals surface area contributed by atoms with Gasteiger partial charge in [-0.25, -0.2) is 4.39 Å². The van der Waals surface area contributed by atoms with Crippen LogP contribution in [0.15, 0.2) is 42.5 Å². The molecule has 0 aromatic heterocycles. The van der Waals surface area contributed by atoms with Crippen LogP contribution in [-0.2, 0) is 0 Å². The summed E-state index contributed by atoms with van der Waals surface area (Å²) >= 11 is 0. The molecule has 0 heterocycles. The molecule has 20 heavy (non-hydrogen) atoms. The van der Waals surface area contributed by atoms with Crippen LogP contribution in [0.3, 0.4) is 0 Å². The highest BCUT2D eigenvalue weighted by atomic mass is 19.1. The van der Waals surface area contributed by atoms with Crippen LogP contribution in [0.4, 0.5) is 15.8 Å². The van der Waals surface area contributed by atoms with E-state index in [1.165, 1.54) is 12.1 Å². The van der Waals surface area contributed by atoms with Gasteiger partial charge in [0.15, 0.2) is 0 Å². The molecule has 0 aliphatic rings. The Balaban J connectivity index is 2.18. The van der Waals surface area contributed by atoms with E-state index in [0.29, 0.717) is 5.56 Å². The van der Waals surface area contributed by atoms with E-state index in [1.807, 2.05) is 19.9 Å². The average molecular weight is 272 g/mol. The minimum absolute atomic E-state index is 0.186. The first kappa shape index (κ1) is 14.1. The van der Waals surface area contributed by atoms with E-state index < -0.39 is 5.82 Å². The van der Waals surface area contributed by atoms with Crippen LogP contribution in [0.1, 0.15) is 22.8 Å². The van der Waals surface area contributed by atoms with Gasteiger partial charge < -0.3 is 10.6 Å². The van der Waals surface area contributed by atoms with Crippen molar-refractivity contribution in [3.63, 3.8) is 0 Å². The first-order valence-corrected chi connectivity index (χ1v) is 6.52. The minimum Gasteiger partial charge on any atom is -0.385 e. The zero-order chi connectivity index (χ0) is 14.5. The molecule has 0 saturated carbocycles. The third-order valence-corrected chi connectivity index (χ3v) is 2.98. The lowest BCUT2D eigenvalue weighted by atomic mass is 10.1. The fourth-order valence-corrected chi connectivity index (χ4v) is 1.95. The lowest BCUT2D eigenvalue weighted by molar-refractivity contribution is 0.102. The fraction of sp³-hybridized carbons (Fsp3) is 0.188. The van der Waals surface area contributed by atoms with E-state index in [4.69, 9.17) is 0 Å². The molecule has 0 aliphatic heterocycles. The molecule has 2 N–H and O–H groups in total. The number of anilines is 2. The smallest absolute Gasteiger partial charge is 0.255 e. The number of benzene rings is 2. The van der Waals surface area contributed by atoms with Crippen LogP contribution >= 0.6 is 0 Å². The molecule has 4 heteroatoms. The van der Waals surface area contributed by atoms with E-state index in [1.54, 1.807) is 24.3 Å². The zero-order valence-corrected chi connectivity index (χ0v) is 11.5. The summed E-state index contributed by atoms with van der Waals surface area (Å²) < 4.78 is 13.5. The Labute approximate surface area is 117 Å². The number of amides is 1. The van der Waals surface area contributed by atoms with Gasteiger partial charge in [0.25, 0.3) is 5.91 Å². The SMILES string of the molecule is CCNc1ccc(C(=O)Nc2ccccc2F)cc1C. The maximum atomic E-state index is 13.5. The fourth-order valence-electron chi connectivity index (χ4n) is 1.95. The van der Waals surface area contributed by atoms with Crippen LogP contribution in [0.5, 0.6) is 0 Å². The number of aryl methyl sites for hydroxylation is 1. The molecule has 0 radical (unpaired) electrons. The predicted octanol–water partition coefficient (Wildman–Crippen LogP) is 3.82. The van der Waals surface area contributed by atoms with Crippen LogP contribution in [0, 0.1) is 12.7 Å². The molecule has 0 aliphatic carbocycles. The van der Waals surface area contributed by atoms with Gasteiger partial charge in [0, 0.05) is 17.8 Å². The normalized spacial score (nSPS) is 10.2. The first-order valence-electron chi connectivity index (χ1n) is 6.52. The van der Waals surface area contributed by atoms with Crippen molar-refractivity contribution in [1.29, 1.82) is 0 Å². The Morgan fingerprint density at radius 1 is 1.15 bits per heavy atom. The molecular weight excluding hydrogens is 255 g/mol. The van der Waals surface area contributed by atoms with Gasteiger partial charge in [0.05, 0.1) is 5.69 Å². The number of rotatable bonds is 4. The molecule has 104 valence electrons. The van der Waals surface area contributed by atoms with Crippen molar-refractivity contribution in [2.24, 2.45) is 0 Å². The second-order valence-electron chi connectivity index (χ2n) is 4.49. The molecule has 0 bridgehead atoms. The van der Waals surface area contributed by atoms with E-state index in [2.05, 4.69) is 10.6 Å². The summed E-state index contributed by atoms with van der Waals surface area (Å²) in [5, 5.41) is 5.78. The summed E-state index contributed by atoms with van der Waals surface area (Å²) in [5.74, 6) is -0.761. The number of hydrogen-bond donors (Lipinski definition) is 2. The summed E-state index contributed by atoms with van der Waals surface area (Å²) in [6.07, 6.45) is 0. The monoisotopic (exact) mass is 272 g/mol. The Kier molecular flexibility index (Phi) is 4.35. The molecule has 0 fully saturated rings. The third kappa shape index (κ3) is 3.15. The number of carbonyl (C=O) groups excluding carboxylic acids is 1. The quantitative estimate of drug-likeness (QED) is 0.888. The molecule has 2 aromatic rings. The number of nitrogens with one attached hydrogen (secondary N) is 2. The number of hydrogen-bond acceptors (Lipinski definition) is 2. The Bertz CT molecular complexity index is 626. The van der Waals surface area contributed by atoms with Gasteiger partial charge in [-0.1, -0.05) is 12.1 Å².